The first-order valence-electron chi connectivity index (χ1n) is 15.7. The first-order chi connectivity index (χ1) is 23.0. The number of aliphatic hydroxyl groups is 1. The maximum atomic E-state index is 13.7. The second-order valence-electron chi connectivity index (χ2n) is 12.2. The summed E-state index contributed by atoms with van der Waals surface area (Å²) in [5, 5.41) is 25.4. The topological polar surface area (TPSA) is 180 Å². The van der Waals surface area contributed by atoms with E-state index in [9.17, 15) is 28.4 Å². The van der Waals surface area contributed by atoms with Gasteiger partial charge in [0.25, 0.3) is 5.69 Å². The number of aliphatic hydroxyl groups excluding tert-OH is 1. The number of nitro benzene ring substituents is 1. The zero-order valence-electron chi connectivity index (χ0n) is 26.7. The molecule has 0 aliphatic carbocycles. The molecular weight excluding hydrogens is 644 g/mol. The third-order valence-electron chi connectivity index (χ3n) is 8.15. The van der Waals surface area contributed by atoms with E-state index in [0.717, 1.165) is 27.7 Å². The molecule has 14 nitrogen and oxygen atoms in total. The molecule has 0 spiro atoms. The minimum atomic E-state index is -4.18. The van der Waals surface area contributed by atoms with E-state index in [0.29, 0.717) is 18.8 Å². The number of nitrogens with zero attached hydrogens (tertiary/aromatic N) is 3. The van der Waals surface area contributed by atoms with Gasteiger partial charge in [0.2, 0.25) is 10.0 Å². The van der Waals surface area contributed by atoms with Gasteiger partial charge in [-0.25, -0.2) is 13.2 Å². The minimum absolute atomic E-state index is 0.0539. The van der Waals surface area contributed by atoms with Gasteiger partial charge >= 0.3 is 6.09 Å². The van der Waals surface area contributed by atoms with Gasteiger partial charge in [-0.1, -0.05) is 32.0 Å². The van der Waals surface area contributed by atoms with Crippen LogP contribution in [0.4, 0.5) is 10.5 Å². The summed E-state index contributed by atoms with van der Waals surface area (Å²) in [4.78, 5) is 27.8. The lowest BCUT2D eigenvalue weighted by Gasteiger charge is -2.31. The normalized spacial score (nSPS) is 20.3. The molecule has 2 aliphatic rings. The molecule has 0 bridgehead atoms. The van der Waals surface area contributed by atoms with Gasteiger partial charge in [0.1, 0.15) is 18.5 Å². The predicted octanol–water partition coefficient (Wildman–Crippen LogP) is 3.68. The van der Waals surface area contributed by atoms with Crippen molar-refractivity contribution in [1.29, 1.82) is 0 Å². The summed E-state index contributed by atoms with van der Waals surface area (Å²) in [6, 6.07) is 16.3. The largest absolute Gasteiger partial charge is 0.487 e. The van der Waals surface area contributed by atoms with Crippen molar-refractivity contribution in [2.24, 2.45) is 11.8 Å². The molecule has 0 saturated carbocycles. The SMILES string of the molecule is CC(C)CN(C[C@@H](O)[C@H](Cc1ccc(OCc2ccccn2)cc1)NC(=O)O[C@H]1COC2OCCC21)S(=O)(=O)c1ccc([N+](=O)[O-])cc1. The zero-order valence-corrected chi connectivity index (χ0v) is 27.5. The average molecular weight is 685 g/mol. The molecule has 2 saturated heterocycles. The summed E-state index contributed by atoms with van der Waals surface area (Å²) in [6.45, 7) is 4.33. The number of amides is 1. The first kappa shape index (κ1) is 35.2. The lowest BCUT2D eigenvalue weighted by Crippen LogP contribution is -2.51. The zero-order chi connectivity index (χ0) is 34.3. The molecule has 48 heavy (non-hydrogen) atoms. The molecule has 3 heterocycles. The first-order valence-corrected chi connectivity index (χ1v) is 17.2. The van der Waals surface area contributed by atoms with E-state index in [-0.39, 0.29) is 55.1 Å². The lowest BCUT2D eigenvalue weighted by molar-refractivity contribution is -0.384. The molecule has 0 radical (unpaired) electrons. The highest BCUT2D eigenvalue weighted by Gasteiger charge is 2.44. The molecule has 5 atom stereocenters. The van der Waals surface area contributed by atoms with Crippen LogP contribution in [0.2, 0.25) is 0 Å². The number of fused-ring (bicyclic) bond motifs is 1. The van der Waals surface area contributed by atoms with E-state index in [4.69, 9.17) is 18.9 Å². The Balaban J connectivity index is 1.32. The number of non-ortho nitro benzene ring substituents is 1. The standard InChI is InChI=1S/C33H40N4O10S/c1-22(2)18-36(48(42,43)27-12-8-25(9-13-27)37(40)41)19-30(38)29(35-33(39)47-31-21-46-32-28(31)14-16-44-32)17-23-6-10-26(11-7-23)45-20-24-5-3-4-15-34-24/h3-13,15,22,28-32,38H,14,16-21H2,1-2H3,(H,35,39)/t28?,29-,30+,31-,32?/m0/s1. The Morgan fingerprint density at radius 3 is 2.52 bits per heavy atom. The number of pyridine rings is 1. The number of carbonyl (C=O) groups is 1. The molecule has 1 amide bonds. The summed E-state index contributed by atoms with van der Waals surface area (Å²) in [6.07, 6.45) is -0.572. The Bertz CT molecular complexity index is 1620. The van der Waals surface area contributed by atoms with Crippen molar-refractivity contribution < 1.29 is 42.2 Å². The Morgan fingerprint density at radius 1 is 1.10 bits per heavy atom. The number of sulfonamides is 1. The second kappa shape index (κ2) is 15.8. The summed E-state index contributed by atoms with van der Waals surface area (Å²) >= 11 is 0. The molecule has 3 aromatic rings. The summed E-state index contributed by atoms with van der Waals surface area (Å²) in [7, 11) is -4.18. The number of nitrogens with one attached hydrogen (secondary N) is 1. The number of aromatic nitrogens is 1. The fraction of sp³-hybridized carbons (Fsp3) is 0.455. The van der Waals surface area contributed by atoms with Gasteiger partial charge in [-0.2, -0.15) is 4.31 Å². The van der Waals surface area contributed by atoms with Crippen LogP contribution in [0.5, 0.6) is 5.75 Å². The van der Waals surface area contributed by atoms with Crippen molar-refractivity contribution in [3.63, 3.8) is 0 Å². The van der Waals surface area contributed by atoms with Crippen molar-refractivity contribution in [2.75, 3.05) is 26.3 Å². The molecule has 2 aromatic carbocycles. The van der Waals surface area contributed by atoms with Crippen molar-refractivity contribution in [3.8, 4) is 5.75 Å². The molecule has 15 heteroatoms. The van der Waals surface area contributed by atoms with Crippen LogP contribution >= 0.6 is 0 Å². The highest BCUT2D eigenvalue weighted by atomic mass is 32.2. The average Bonchev–Trinajstić information content (AvgIpc) is 3.69. The van der Waals surface area contributed by atoms with Crippen LogP contribution in [0.25, 0.3) is 0 Å². The molecular formula is C33H40N4O10S. The summed E-state index contributed by atoms with van der Waals surface area (Å²) in [5.74, 6) is 0.385. The number of ether oxygens (including phenoxy) is 4. The third-order valence-corrected chi connectivity index (χ3v) is 9.99. The van der Waals surface area contributed by atoms with Gasteiger partial charge in [-0.15, -0.1) is 0 Å². The van der Waals surface area contributed by atoms with Gasteiger partial charge in [-0.3, -0.25) is 15.1 Å². The van der Waals surface area contributed by atoms with Crippen LogP contribution in [0.1, 0.15) is 31.5 Å². The number of rotatable bonds is 15. The molecule has 2 fully saturated rings. The van der Waals surface area contributed by atoms with Gasteiger partial charge in [-0.05, 0) is 60.7 Å². The highest BCUT2D eigenvalue weighted by Crippen LogP contribution is 2.33. The fourth-order valence-corrected chi connectivity index (χ4v) is 7.29. The summed E-state index contributed by atoms with van der Waals surface area (Å²) < 4.78 is 51.2. The number of alkyl carbamates (subject to hydrolysis) is 1. The molecule has 5 rings (SSSR count). The van der Waals surface area contributed by atoms with Crippen LogP contribution in [0.15, 0.2) is 77.8 Å². The van der Waals surface area contributed by atoms with Crippen LogP contribution in [0, 0.1) is 22.0 Å². The van der Waals surface area contributed by atoms with Crippen molar-refractivity contribution >= 4 is 21.8 Å². The molecule has 2 N–H and O–H groups in total. The highest BCUT2D eigenvalue weighted by molar-refractivity contribution is 7.89. The van der Waals surface area contributed by atoms with Crippen LogP contribution in [-0.4, -0.2) is 84.7 Å². The maximum Gasteiger partial charge on any atom is 0.407 e. The van der Waals surface area contributed by atoms with E-state index < -0.39 is 45.6 Å². The maximum absolute atomic E-state index is 13.7. The van der Waals surface area contributed by atoms with Crippen molar-refractivity contribution in [3.05, 3.63) is 94.3 Å². The summed E-state index contributed by atoms with van der Waals surface area (Å²) in [5.41, 5.74) is 1.26. The van der Waals surface area contributed by atoms with Crippen molar-refractivity contribution in [1.82, 2.24) is 14.6 Å². The Kier molecular flexibility index (Phi) is 11.6. The van der Waals surface area contributed by atoms with E-state index >= 15 is 0 Å². The number of carbonyl (C=O) groups excluding carboxylic acids is 1. The Labute approximate surface area is 279 Å². The van der Waals surface area contributed by atoms with Crippen LogP contribution < -0.4 is 10.1 Å². The Hall–Kier alpha value is -4.15. The van der Waals surface area contributed by atoms with E-state index in [1.807, 2.05) is 32.0 Å². The van der Waals surface area contributed by atoms with Gasteiger partial charge in [0.05, 0.1) is 46.8 Å². The van der Waals surface area contributed by atoms with Crippen LogP contribution in [-0.2, 0) is 37.3 Å². The quantitative estimate of drug-likeness (QED) is 0.176. The monoisotopic (exact) mass is 684 g/mol. The molecule has 2 unspecified atom stereocenters. The Morgan fingerprint density at radius 2 is 1.85 bits per heavy atom. The number of hydrogen-bond acceptors (Lipinski definition) is 11. The van der Waals surface area contributed by atoms with Crippen molar-refractivity contribution in [2.45, 2.75) is 62.7 Å². The smallest absolute Gasteiger partial charge is 0.407 e. The number of hydrogen-bond donors (Lipinski definition) is 2. The minimum Gasteiger partial charge on any atom is -0.487 e. The lowest BCUT2D eigenvalue weighted by atomic mass is 10.0. The molecule has 258 valence electrons. The molecule has 1 aromatic heterocycles. The second-order valence-corrected chi connectivity index (χ2v) is 14.1. The van der Waals surface area contributed by atoms with Gasteiger partial charge in [0.15, 0.2) is 6.29 Å². The third kappa shape index (κ3) is 9.05. The van der Waals surface area contributed by atoms with E-state index in [1.165, 1.54) is 12.1 Å². The van der Waals surface area contributed by atoms with Gasteiger partial charge < -0.3 is 29.4 Å². The fourth-order valence-electron chi connectivity index (χ4n) is 5.67. The number of benzene rings is 2. The van der Waals surface area contributed by atoms with E-state index in [1.54, 1.807) is 30.5 Å². The van der Waals surface area contributed by atoms with Gasteiger partial charge in [0, 0.05) is 31.4 Å². The predicted molar refractivity (Wildman–Crippen MR) is 172 cm³/mol. The number of nitro groups is 1. The van der Waals surface area contributed by atoms with E-state index in [2.05, 4.69) is 10.3 Å². The molecule has 2 aliphatic heterocycles. The van der Waals surface area contributed by atoms with Crippen LogP contribution in [0.3, 0.4) is 0 Å².